The van der Waals surface area contributed by atoms with Crippen molar-refractivity contribution in [3.63, 3.8) is 0 Å². The second kappa shape index (κ2) is 7.23. The van der Waals surface area contributed by atoms with E-state index in [2.05, 4.69) is 15.3 Å². The van der Waals surface area contributed by atoms with Crippen molar-refractivity contribution in [2.75, 3.05) is 11.1 Å². The Kier molecular flexibility index (Phi) is 5.06. The van der Waals surface area contributed by atoms with Crippen LogP contribution >= 0.6 is 23.5 Å². The fourth-order valence-corrected chi connectivity index (χ4v) is 3.97. The zero-order valence-corrected chi connectivity index (χ0v) is 14.6. The molecule has 0 aliphatic carbocycles. The third kappa shape index (κ3) is 3.88. The van der Waals surface area contributed by atoms with Gasteiger partial charge in [-0.3, -0.25) is 14.4 Å². The number of Topliss-reactive ketones (excluding diaryl/α,β-unsaturated/α-hetero) is 1. The topological polar surface area (TPSA) is 91.9 Å². The number of nitrogens with zero attached hydrogens (tertiary/aromatic N) is 1. The molecule has 0 spiro atoms. The van der Waals surface area contributed by atoms with E-state index < -0.39 is 0 Å². The van der Waals surface area contributed by atoms with Crippen LogP contribution in [0.1, 0.15) is 28.5 Å². The number of H-pyrrole nitrogens is 1. The van der Waals surface area contributed by atoms with Crippen LogP contribution in [-0.4, -0.2) is 27.4 Å². The van der Waals surface area contributed by atoms with E-state index in [1.54, 1.807) is 36.0 Å². The molecule has 1 aromatic carbocycles. The molecule has 1 aliphatic heterocycles. The first-order valence-corrected chi connectivity index (χ1v) is 9.40. The molecular formula is C16H15N3O3S2. The Morgan fingerprint density at radius 2 is 2.21 bits per heavy atom. The molecule has 6 nitrogen and oxygen atoms in total. The monoisotopic (exact) mass is 361 g/mol. The number of aromatic amines is 1. The molecule has 124 valence electrons. The minimum atomic E-state index is -0.224. The van der Waals surface area contributed by atoms with Crippen molar-refractivity contribution in [3.05, 3.63) is 51.4 Å². The van der Waals surface area contributed by atoms with E-state index >= 15 is 0 Å². The molecule has 0 unspecified atom stereocenters. The second-order valence-corrected chi connectivity index (χ2v) is 7.21. The first-order valence-electron chi connectivity index (χ1n) is 7.26. The van der Waals surface area contributed by atoms with E-state index in [1.807, 2.05) is 0 Å². The fraction of sp³-hybridized carbons (Fsp3) is 0.250. The molecule has 2 N–H and O–H groups in total. The van der Waals surface area contributed by atoms with E-state index in [1.165, 1.54) is 18.7 Å². The number of hydrogen-bond acceptors (Lipinski definition) is 6. The summed E-state index contributed by atoms with van der Waals surface area (Å²) in [6.45, 7) is 1.48. The number of carbonyl (C=O) groups excluding carboxylic acids is 2. The largest absolute Gasteiger partial charge is 0.325 e. The van der Waals surface area contributed by atoms with Crippen LogP contribution in [0.15, 0.2) is 34.2 Å². The van der Waals surface area contributed by atoms with Crippen molar-refractivity contribution in [2.24, 2.45) is 0 Å². The average Bonchev–Trinajstić information content (AvgIpc) is 3.02. The van der Waals surface area contributed by atoms with Crippen LogP contribution in [0, 0.1) is 0 Å². The van der Waals surface area contributed by atoms with E-state index in [9.17, 15) is 14.4 Å². The number of aromatic nitrogens is 2. The number of carbonyl (C=O) groups is 2. The number of fused-ring (bicyclic) bond motifs is 1. The predicted octanol–water partition coefficient (Wildman–Crippen LogP) is 2.45. The van der Waals surface area contributed by atoms with Crippen LogP contribution in [-0.2, 0) is 16.3 Å². The minimum Gasteiger partial charge on any atom is -0.325 e. The summed E-state index contributed by atoms with van der Waals surface area (Å²) in [5, 5.41) is 3.19. The predicted molar refractivity (Wildman–Crippen MR) is 95.7 cm³/mol. The van der Waals surface area contributed by atoms with Crippen LogP contribution in [0.25, 0.3) is 0 Å². The molecule has 1 aliphatic rings. The molecule has 0 saturated carbocycles. The molecular weight excluding hydrogens is 346 g/mol. The highest BCUT2D eigenvalue weighted by Crippen LogP contribution is 2.26. The lowest BCUT2D eigenvalue weighted by Gasteiger charge is -2.06. The third-order valence-electron chi connectivity index (χ3n) is 3.46. The van der Waals surface area contributed by atoms with Crippen molar-refractivity contribution >= 4 is 40.9 Å². The summed E-state index contributed by atoms with van der Waals surface area (Å²) in [6, 6.07) is 6.78. The molecule has 2 heterocycles. The fourth-order valence-electron chi connectivity index (χ4n) is 2.25. The van der Waals surface area contributed by atoms with Gasteiger partial charge in [0.15, 0.2) is 10.9 Å². The van der Waals surface area contributed by atoms with Gasteiger partial charge in [0.2, 0.25) is 5.91 Å². The molecule has 24 heavy (non-hydrogen) atoms. The Hall–Kier alpha value is -2.06. The molecule has 0 fully saturated rings. The number of ketones is 1. The van der Waals surface area contributed by atoms with Gasteiger partial charge in [-0.05, 0) is 19.1 Å². The van der Waals surface area contributed by atoms with Gasteiger partial charge in [-0.15, -0.1) is 0 Å². The number of nitrogens with one attached hydrogen (secondary N) is 2. The molecule has 1 aromatic heterocycles. The summed E-state index contributed by atoms with van der Waals surface area (Å²) in [7, 11) is 0. The number of anilines is 1. The Bertz CT molecular complexity index is 864. The average molecular weight is 361 g/mol. The van der Waals surface area contributed by atoms with E-state index in [4.69, 9.17) is 0 Å². The maximum atomic E-state index is 12.0. The zero-order valence-electron chi connectivity index (χ0n) is 12.9. The summed E-state index contributed by atoms with van der Waals surface area (Å²) < 4.78 is 0. The molecule has 0 bridgehead atoms. The molecule has 2 aromatic rings. The van der Waals surface area contributed by atoms with Gasteiger partial charge in [0, 0.05) is 28.3 Å². The first-order chi connectivity index (χ1) is 11.5. The first kappa shape index (κ1) is 16.8. The van der Waals surface area contributed by atoms with Crippen molar-refractivity contribution in [2.45, 2.75) is 23.6 Å². The van der Waals surface area contributed by atoms with Gasteiger partial charge in [0.1, 0.15) is 0 Å². The maximum Gasteiger partial charge on any atom is 0.255 e. The number of amides is 1. The van der Waals surface area contributed by atoms with Gasteiger partial charge in [-0.25, -0.2) is 4.98 Å². The van der Waals surface area contributed by atoms with Gasteiger partial charge >= 0.3 is 0 Å². The van der Waals surface area contributed by atoms with Crippen molar-refractivity contribution in [1.82, 2.24) is 9.97 Å². The normalized spacial score (nSPS) is 12.7. The maximum absolute atomic E-state index is 12.0. The van der Waals surface area contributed by atoms with Crippen LogP contribution in [0.5, 0.6) is 0 Å². The van der Waals surface area contributed by atoms with Crippen LogP contribution < -0.4 is 10.9 Å². The highest BCUT2D eigenvalue weighted by molar-refractivity contribution is 7.99. The number of rotatable bonds is 5. The van der Waals surface area contributed by atoms with E-state index in [-0.39, 0.29) is 23.0 Å². The lowest BCUT2D eigenvalue weighted by atomic mass is 10.1. The van der Waals surface area contributed by atoms with E-state index in [0.29, 0.717) is 22.2 Å². The van der Waals surface area contributed by atoms with Crippen molar-refractivity contribution in [1.29, 1.82) is 0 Å². The zero-order chi connectivity index (χ0) is 17.1. The van der Waals surface area contributed by atoms with Gasteiger partial charge in [-0.1, -0.05) is 23.9 Å². The SMILES string of the molecule is CC(=O)c1cccc(NC(=O)CSc2nc3c(c(=O)[nH]2)CSC3)c1. The van der Waals surface area contributed by atoms with Crippen LogP contribution in [0.3, 0.4) is 0 Å². The summed E-state index contributed by atoms with van der Waals surface area (Å²) in [4.78, 5) is 42.4. The van der Waals surface area contributed by atoms with E-state index in [0.717, 1.165) is 17.0 Å². The lowest BCUT2D eigenvalue weighted by Crippen LogP contribution is -2.17. The quantitative estimate of drug-likeness (QED) is 0.483. The molecule has 3 rings (SSSR count). The van der Waals surface area contributed by atoms with Crippen molar-refractivity contribution < 1.29 is 9.59 Å². The summed E-state index contributed by atoms with van der Waals surface area (Å²) >= 11 is 2.84. The Morgan fingerprint density at radius 3 is 3.00 bits per heavy atom. The summed E-state index contributed by atoms with van der Waals surface area (Å²) in [5.74, 6) is 1.27. The molecule has 0 radical (unpaired) electrons. The number of hydrogen-bond donors (Lipinski definition) is 2. The molecule has 0 atom stereocenters. The minimum absolute atomic E-state index is 0.0572. The standard InChI is InChI=1S/C16H15N3O3S2/c1-9(20)10-3-2-4-11(5-10)17-14(21)8-24-16-18-13-7-23-6-12(13)15(22)19-16/h2-5H,6-8H2,1H3,(H,17,21)(H,18,19,22). The second-order valence-electron chi connectivity index (χ2n) is 5.26. The van der Waals surface area contributed by atoms with Gasteiger partial charge < -0.3 is 10.3 Å². The Morgan fingerprint density at radius 1 is 1.38 bits per heavy atom. The highest BCUT2D eigenvalue weighted by Gasteiger charge is 2.18. The van der Waals surface area contributed by atoms with Gasteiger partial charge in [0.25, 0.3) is 5.56 Å². The summed E-state index contributed by atoms with van der Waals surface area (Å²) in [6.07, 6.45) is 0. The van der Waals surface area contributed by atoms with Crippen LogP contribution in [0.4, 0.5) is 5.69 Å². The Labute approximate surface area is 146 Å². The number of benzene rings is 1. The highest BCUT2D eigenvalue weighted by atomic mass is 32.2. The molecule has 0 saturated heterocycles. The number of thioether (sulfide) groups is 2. The third-order valence-corrected chi connectivity index (χ3v) is 5.30. The van der Waals surface area contributed by atoms with Gasteiger partial charge in [0.05, 0.1) is 11.4 Å². The molecule has 1 amide bonds. The molecule has 8 heteroatoms. The van der Waals surface area contributed by atoms with Crippen molar-refractivity contribution in [3.8, 4) is 0 Å². The summed E-state index contributed by atoms with van der Waals surface area (Å²) in [5.41, 5.74) is 2.53. The lowest BCUT2D eigenvalue weighted by molar-refractivity contribution is -0.113. The van der Waals surface area contributed by atoms with Crippen LogP contribution in [0.2, 0.25) is 0 Å². The van der Waals surface area contributed by atoms with Gasteiger partial charge in [-0.2, -0.15) is 11.8 Å². The Balaban J connectivity index is 1.62. The smallest absolute Gasteiger partial charge is 0.255 e.